The summed E-state index contributed by atoms with van der Waals surface area (Å²) >= 11 is 0. The fourth-order valence-electron chi connectivity index (χ4n) is 2.89. The van der Waals surface area contributed by atoms with Crippen LogP contribution in [0.4, 0.5) is 11.5 Å². The number of nitrogens with one attached hydrogen (secondary N) is 2. The molecule has 1 unspecified atom stereocenters. The summed E-state index contributed by atoms with van der Waals surface area (Å²) in [6, 6.07) is 3.94. The number of nitrogens with zero attached hydrogens (tertiary/aromatic N) is 2. The first-order valence-corrected chi connectivity index (χ1v) is 7.41. The largest absolute Gasteiger partial charge is 0.357 e. The molecule has 0 spiro atoms. The smallest absolute Gasteiger partial charge is 0.231 e. The number of hydrogen-bond donors (Lipinski definition) is 2. The van der Waals surface area contributed by atoms with Gasteiger partial charge in [-0.15, -0.1) is 24.8 Å². The Labute approximate surface area is 144 Å². The average molecular weight is 347 g/mol. The molecular weight excluding hydrogens is 323 g/mol. The summed E-state index contributed by atoms with van der Waals surface area (Å²) < 4.78 is 0. The Morgan fingerprint density at radius 3 is 2.59 bits per heavy atom. The molecular formula is C15H24Cl2N4O. The fraction of sp³-hybridized carbons (Fsp3) is 0.600. The van der Waals surface area contributed by atoms with Crippen molar-refractivity contribution in [1.82, 2.24) is 10.3 Å². The third kappa shape index (κ3) is 4.03. The lowest BCUT2D eigenvalue weighted by Gasteiger charge is -2.22. The minimum atomic E-state index is -0.298. The first-order valence-electron chi connectivity index (χ1n) is 7.41. The predicted molar refractivity (Wildman–Crippen MR) is 94.4 cm³/mol. The zero-order valence-corrected chi connectivity index (χ0v) is 14.4. The molecule has 3 rings (SSSR count). The molecule has 22 heavy (non-hydrogen) atoms. The highest BCUT2D eigenvalue weighted by molar-refractivity contribution is 5.95. The fourth-order valence-corrected chi connectivity index (χ4v) is 2.89. The Kier molecular flexibility index (Phi) is 6.91. The second kappa shape index (κ2) is 7.99. The average Bonchev–Trinajstić information content (AvgIpc) is 3.11. The van der Waals surface area contributed by atoms with Gasteiger partial charge in [0.15, 0.2) is 0 Å². The SMILES string of the molecule is CC1(C(=O)Nc2ccc(N3CCCC3)nc2)CCNC1.Cl.Cl. The molecule has 124 valence electrons. The van der Waals surface area contributed by atoms with Crippen LogP contribution in [0, 0.1) is 5.41 Å². The van der Waals surface area contributed by atoms with E-state index in [4.69, 9.17) is 0 Å². The van der Waals surface area contributed by atoms with Crippen LogP contribution in [-0.4, -0.2) is 37.1 Å². The van der Waals surface area contributed by atoms with E-state index in [1.165, 1.54) is 12.8 Å². The maximum absolute atomic E-state index is 12.3. The Morgan fingerprint density at radius 1 is 1.32 bits per heavy atom. The summed E-state index contributed by atoms with van der Waals surface area (Å²) in [7, 11) is 0. The molecule has 2 N–H and O–H groups in total. The highest BCUT2D eigenvalue weighted by atomic mass is 35.5. The van der Waals surface area contributed by atoms with Gasteiger partial charge in [-0.1, -0.05) is 0 Å². The molecule has 0 radical (unpaired) electrons. The van der Waals surface area contributed by atoms with Gasteiger partial charge in [-0.05, 0) is 44.9 Å². The van der Waals surface area contributed by atoms with Gasteiger partial charge in [-0.25, -0.2) is 4.98 Å². The van der Waals surface area contributed by atoms with Gasteiger partial charge in [0.25, 0.3) is 0 Å². The van der Waals surface area contributed by atoms with Gasteiger partial charge in [0.05, 0.1) is 17.3 Å². The first-order chi connectivity index (χ1) is 9.67. The zero-order chi connectivity index (χ0) is 14.0. The Balaban J connectivity index is 0.00000121. The second-order valence-electron chi connectivity index (χ2n) is 6.04. The van der Waals surface area contributed by atoms with Crippen LogP contribution in [0.15, 0.2) is 18.3 Å². The molecule has 2 saturated heterocycles. The summed E-state index contributed by atoms with van der Waals surface area (Å²) in [4.78, 5) is 19.0. The zero-order valence-electron chi connectivity index (χ0n) is 12.8. The number of hydrogen-bond acceptors (Lipinski definition) is 4. The molecule has 1 aromatic rings. The van der Waals surface area contributed by atoms with E-state index in [-0.39, 0.29) is 36.1 Å². The van der Waals surface area contributed by atoms with Gasteiger partial charge in [-0.2, -0.15) is 0 Å². The lowest BCUT2D eigenvalue weighted by Crippen LogP contribution is -2.35. The standard InChI is InChI=1S/C15H22N4O.2ClH/c1-15(6-7-16-11-15)14(20)18-12-4-5-13(17-10-12)19-8-2-3-9-19;;/h4-5,10,16H,2-3,6-9,11H2,1H3,(H,18,20);2*1H. The molecule has 0 aliphatic carbocycles. The van der Waals surface area contributed by atoms with Crippen molar-refractivity contribution < 1.29 is 4.79 Å². The number of halogens is 2. The molecule has 1 atom stereocenters. The third-order valence-corrected chi connectivity index (χ3v) is 4.35. The van der Waals surface area contributed by atoms with E-state index < -0.39 is 0 Å². The molecule has 2 aliphatic heterocycles. The van der Waals surface area contributed by atoms with E-state index in [9.17, 15) is 4.79 Å². The minimum absolute atomic E-state index is 0. The van der Waals surface area contributed by atoms with Crippen LogP contribution in [0.3, 0.4) is 0 Å². The minimum Gasteiger partial charge on any atom is -0.357 e. The normalized spacial score (nSPS) is 23.6. The molecule has 5 nitrogen and oxygen atoms in total. The first kappa shape index (κ1) is 19.0. The van der Waals surface area contributed by atoms with E-state index in [0.29, 0.717) is 0 Å². The maximum atomic E-state index is 12.3. The van der Waals surface area contributed by atoms with Crippen molar-refractivity contribution >= 4 is 42.2 Å². The summed E-state index contributed by atoms with van der Waals surface area (Å²) in [6.45, 7) is 5.84. The molecule has 0 bridgehead atoms. The number of aromatic nitrogens is 1. The molecule has 2 aliphatic rings. The van der Waals surface area contributed by atoms with Crippen molar-refractivity contribution in [1.29, 1.82) is 0 Å². The van der Waals surface area contributed by atoms with Crippen molar-refractivity contribution in [3.63, 3.8) is 0 Å². The third-order valence-electron chi connectivity index (χ3n) is 4.35. The number of rotatable bonds is 3. The molecule has 1 aromatic heterocycles. The molecule has 0 aromatic carbocycles. The predicted octanol–water partition coefficient (Wildman–Crippen LogP) is 2.46. The maximum Gasteiger partial charge on any atom is 0.231 e. The van der Waals surface area contributed by atoms with E-state index in [2.05, 4.69) is 20.5 Å². The van der Waals surface area contributed by atoms with Crippen molar-refractivity contribution in [2.75, 3.05) is 36.4 Å². The molecule has 7 heteroatoms. The summed E-state index contributed by atoms with van der Waals surface area (Å²) in [5.41, 5.74) is 0.485. The van der Waals surface area contributed by atoms with Crippen LogP contribution in [0.1, 0.15) is 26.2 Å². The van der Waals surface area contributed by atoms with Crippen LogP contribution in [0.2, 0.25) is 0 Å². The lowest BCUT2D eigenvalue weighted by molar-refractivity contribution is -0.123. The molecule has 3 heterocycles. The van der Waals surface area contributed by atoms with Crippen molar-refractivity contribution in [2.45, 2.75) is 26.2 Å². The monoisotopic (exact) mass is 346 g/mol. The summed E-state index contributed by atoms with van der Waals surface area (Å²) in [5.74, 6) is 1.09. The van der Waals surface area contributed by atoms with Crippen molar-refractivity contribution in [3.8, 4) is 0 Å². The van der Waals surface area contributed by atoms with Crippen molar-refractivity contribution in [2.24, 2.45) is 5.41 Å². The molecule has 2 fully saturated rings. The van der Waals surface area contributed by atoms with Gasteiger partial charge in [0.1, 0.15) is 5.82 Å². The highest BCUT2D eigenvalue weighted by Crippen LogP contribution is 2.26. The van der Waals surface area contributed by atoms with Gasteiger partial charge < -0.3 is 15.5 Å². The quantitative estimate of drug-likeness (QED) is 0.882. The van der Waals surface area contributed by atoms with Crippen molar-refractivity contribution in [3.05, 3.63) is 18.3 Å². The lowest BCUT2D eigenvalue weighted by atomic mass is 9.89. The Morgan fingerprint density at radius 2 is 2.05 bits per heavy atom. The van der Waals surface area contributed by atoms with Crippen LogP contribution in [0.5, 0.6) is 0 Å². The van der Waals surface area contributed by atoms with Gasteiger partial charge >= 0.3 is 0 Å². The highest BCUT2D eigenvalue weighted by Gasteiger charge is 2.36. The van der Waals surface area contributed by atoms with E-state index in [1.807, 2.05) is 19.1 Å². The number of amides is 1. The number of carbonyl (C=O) groups is 1. The second-order valence-corrected chi connectivity index (χ2v) is 6.04. The Hall–Kier alpha value is -1.04. The van der Waals surface area contributed by atoms with Gasteiger partial charge in [0.2, 0.25) is 5.91 Å². The van der Waals surface area contributed by atoms with Gasteiger partial charge in [-0.3, -0.25) is 4.79 Å². The Bertz CT molecular complexity index is 483. The van der Waals surface area contributed by atoms with E-state index >= 15 is 0 Å². The topological polar surface area (TPSA) is 57.3 Å². The summed E-state index contributed by atoms with van der Waals surface area (Å²) in [6.07, 6.45) is 5.13. The van der Waals surface area contributed by atoms with Gasteiger partial charge in [0, 0.05) is 19.6 Å². The molecule has 0 saturated carbocycles. The number of carbonyl (C=O) groups excluding carboxylic acids is 1. The van der Waals surface area contributed by atoms with E-state index in [1.54, 1.807) is 6.20 Å². The van der Waals surface area contributed by atoms with Crippen LogP contribution in [-0.2, 0) is 4.79 Å². The van der Waals surface area contributed by atoms with E-state index in [0.717, 1.165) is 44.1 Å². The van der Waals surface area contributed by atoms with Crippen LogP contribution in [0.25, 0.3) is 0 Å². The number of anilines is 2. The number of pyridine rings is 1. The van der Waals surface area contributed by atoms with Crippen LogP contribution < -0.4 is 15.5 Å². The van der Waals surface area contributed by atoms with Crippen LogP contribution >= 0.6 is 24.8 Å². The molecule has 1 amide bonds. The summed E-state index contributed by atoms with van der Waals surface area (Å²) in [5, 5.41) is 6.22.